The van der Waals surface area contributed by atoms with Gasteiger partial charge in [-0.3, -0.25) is 4.79 Å². The Bertz CT molecular complexity index is 722. The van der Waals surface area contributed by atoms with Crippen LogP contribution in [0.15, 0.2) is 30.5 Å². The van der Waals surface area contributed by atoms with E-state index >= 15 is 0 Å². The van der Waals surface area contributed by atoms with Crippen LogP contribution in [0.2, 0.25) is 5.02 Å². The molecule has 0 radical (unpaired) electrons. The van der Waals surface area contributed by atoms with Crippen molar-refractivity contribution in [3.8, 4) is 5.75 Å². The number of methoxy groups -OCH3 is 2. The molecule has 1 aromatic heterocycles. The van der Waals surface area contributed by atoms with Crippen molar-refractivity contribution < 1.29 is 14.3 Å². The van der Waals surface area contributed by atoms with Gasteiger partial charge in [0, 0.05) is 36.5 Å². The summed E-state index contributed by atoms with van der Waals surface area (Å²) in [6, 6.07) is 6.78. The molecule has 24 heavy (non-hydrogen) atoms. The van der Waals surface area contributed by atoms with E-state index in [0.717, 1.165) is 5.56 Å². The Morgan fingerprint density at radius 2 is 2.08 bits per heavy atom. The number of aromatic nitrogens is 1. The van der Waals surface area contributed by atoms with Gasteiger partial charge in [0.15, 0.2) is 0 Å². The van der Waals surface area contributed by atoms with E-state index < -0.39 is 0 Å². The van der Waals surface area contributed by atoms with Crippen molar-refractivity contribution in [1.82, 2.24) is 4.98 Å². The molecule has 0 aliphatic heterocycles. The number of carbonyl (C=O) groups is 1. The van der Waals surface area contributed by atoms with Crippen LogP contribution in [0.1, 0.15) is 15.9 Å². The molecule has 0 bridgehead atoms. The molecule has 0 spiro atoms. The second kappa shape index (κ2) is 8.52. The molecular weight excluding hydrogens is 330 g/mol. The summed E-state index contributed by atoms with van der Waals surface area (Å²) in [4.78, 5) is 16.7. The molecule has 0 saturated carbocycles. The Morgan fingerprint density at radius 3 is 2.79 bits per heavy atom. The zero-order valence-electron chi connectivity index (χ0n) is 13.9. The highest BCUT2D eigenvalue weighted by atomic mass is 35.5. The first-order valence-corrected chi connectivity index (χ1v) is 7.77. The predicted molar refractivity (Wildman–Crippen MR) is 95.3 cm³/mol. The van der Waals surface area contributed by atoms with Gasteiger partial charge in [0.05, 0.1) is 19.4 Å². The smallest absolute Gasteiger partial charge is 0.255 e. The first kappa shape index (κ1) is 18.0. The van der Waals surface area contributed by atoms with Crippen molar-refractivity contribution in [3.05, 3.63) is 46.6 Å². The fourth-order valence-corrected chi connectivity index (χ4v) is 2.23. The van der Waals surface area contributed by atoms with Crippen molar-refractivity contribution >= 4 is 29.0 Å². The lowest BCUT2D eigenvalue weighted by Gasteiger charge is -2.13. The van der Waals surface area contributed by atoms with E-state index in [1.54, 1.807) is 37.6 Å². The summed E-state index contributed by atoms with van der Waals surface area (Å²) in [5.74, 6) is 0.859. The monoisotopic (exact) mass is 349 g/mol. The molecule has 1 aromatic carbocycles. The molecule has 6 nitrogen and oxygen atoms in total. The van der Waals surface area contributed by atoms with E-state index in [1.165, 1.54) is 7.11 Å². The second-order valence-corrected chi connectivity index (χ2v) is 5.51. The second-order valence-electron chi connectivity index (χ2n) is 5.11. The fraction of sp³-hybridized carbons (Fsp3) is 0.294. The van der Waals surface area contributed by atoms with Crippen LogP contribution in [-0.4, -0.2) is 38.3 Å². The van der Waals surface area contributed by atoms with E-state index in [4.69, 9.17) is 21.1 Å². The molecule has 0 fully saturated rings. The summed E-state index contributed by atoms with van der Waals surface area (Å²) in [5, 5.41) is 6.50. The van der Waals surface area contributed by atoms with Crippen molar-refractivity contribution in [2.75, 3.05) is 38.0 Å². The van der Waals surface area contributed by atoms with Gasteiger partial charge in [0.25, 0.3) is 5.91 Å². The van der Waals surface area contributed by atoms with E-state index in [2.05, 4.69) is 15.6 Å². The number of halogens is 1. The molecule has 0 aliphatic rings. The van der Waals surface area contributed by atoms with Gasteiger partial charge in [-0.15, -0.1) is 0 Å². The van der Waals surface area contributed by atoms with Gasteiger partial charge in [-0.25, -0.2) is 4.98 Å². The Labute approximate surface area is 146 Å². The Balaban J connectivity index is 2.15. The minimum absolute atomic E-state index is 0.257. The predicted octanol–water partition coefficient (Wildman–Crippen LogP) is 3.36. The highest BCUT2D eigenvalue weighted by Crippen LogP contribution is 2.31. The van der Waals surface area contributed by atoms with Crippen LogP contribution in [0.25, 0.3) is 0 Å². The minimum atomic E-state index is -0.257. The number of carbonyl (C=O) groups excluding carboxylic acids is 1. The summed E-state index contributed by atoms with van der Waals surface area (Å²) < 4.78 is 10.2. The third kappa shape index (κ3) is 4.59. The standard InChI is InChI=1S/C17H20ClN3O3/c1-11-8-14(15(24-3)10-13(11)18)21-17(22)12-4-5-19-16(9-12)20-6-7-23-2/h4-5,8-10H,6-7H2,1-3H3,(H,19,20)(H,21,22). The number of anilines is 2. The average molecular weight is 350 g/mol. The van der Waals surface area contributed by atoms with Crippen molar-refractivity contribution in [3.63, 3.8) is 0 Å². The van der Waals surface area contributed by atoms with Crippen LogP contribution in [0.4, 0.5) is 11.5 Å². The third-order valence-electron chi connectivity index (χ3n) is 3.36. The van der Waals surface area contributed by atoms with Gasteiger partial charge in [0.2, 0.25) is 0 Å². The van der Waals surface area contributed by atoms with Gasteiger partial charge >= 0.3 is 0 Å². The number of hydrogen-bond donors (Lipinski definition) is 2. The molecule has 0 unspecified atom stereocenters. The first-order valence-electron chi connectivity index (χ1n) is 7.39. The lowest BCUT2D eigenvalue weighted by atomic mass is 10.2. The maximum atomic E-state index is 12.5. The molecule has 7 heteroatoms. The fourth-order valence-electron chi connectivity index (χ4n) is 2.07. The number of rotatable bonds is 7. The molecule has 0 saturated heterocycles. The largest absolute Gasteiger partial charge is 0.495 e. The number of nitrogens with zero attached hydrogens (tertiary/aromatic N) is 1. The Kier molecular flexibility index (Phi) is 6.40. The minimum Gasteiger partial charge on any atom is -0.495 e. The van der Waals surface area contributed by atoms with Crippen LogP contribution >= 0.6 is 11.6 Å². The Morgan fingerprint density at radius 1 is 1.29 bits per heavy atom. The number of ether oxygens (including phenoxy) is 2. The van der Waals surface area contributed by atoms with E-state index in [1.807, 2.05) is 6.92 Å². The van der Waals surface area contributed by atoms with Gasteiger partial charge < -0.3 is 20.1 Å². The lowest BCUT2D eigenvalue weighted by Crippen LogP contribution is -2.14. The number of aryl methyl sites for hydroxylation is 1. The van der Waals surface area contributed by atoms with Crippen LogP contribution in [0, 0.1) is 6.92 Å². The topological polar surface area (TPSA) is 72.5 Å². The van der Waals surface area contributed by atoms with Gasteiger partial charge in [-0.2, -0.15) is 0 Å². The number of hydrogen-bond acceptors (Lipinski definition) is 5. The van der Waals surface area contributed by atoms with Crippen LogP contribution in [0.3, 0.4) is 0 Å². The zero-order chi connectivity index (χ0) is 17.5. The third-order valence-corrected chi connectivity index (χ3v) is 3.77. The summed E-state index contributed by atoms with van der Waals surface area (Å²) in [6.07, 6.45) is 1.58. The summed E-state index contributed by atoms with van der Waals surface area (Å²) >= 11 is 6.08. The number of nitrogens with one attached hydrogen (secondary N) is 2. The molecule has 128 valence electrons. The van der Waals surface area contributed by atoms with Gasteiger partial charge in [-0.05, 0) is 30.7 Å². The van der Waals surface area contributed by atoms with E-state index in [-0.39, 0.29) is 5.91 Å². The molecule has 0 aliphatic carbocycles. The Hall–Kier alpha value is -2.31. The van der Waals surface area contributed by atoms with Gasteiger partial charge in [-0.1, -0.05) is 11.6 Å². The molecular formula is C17H20ClN3O3. The van der Waals surface area contributed by atoms with Crippen molar-refractivity contribution in [1.29, 1.82) is 0 Å². The quantitative estimate of drug-likeness (QED) is 0.750. The molecule has 0 atom stereocenters. The summed E-state index contributed by atoms with van der Waals surface area (Å²) in [6.45, 7) is 3.03. The van der Waals surface area contributed by atoms with E-state index in [0.29, 0.717) is 41.0 Å². The zero-order valence-corrected chi connectivity index (χ0v) is 14.6. The number of amides is 1. The first-order chi connectivity index (χ1) is 11.5. The van der Waals surface area contributed by atoms with Crippen LogP contribution in [0.5, 0.6) is 5.75 Å². The highest BCUT2D eigenvalue weighted by molar-refractivity contribution is 6.31. The maximum absolute atomic E-state index is 12.5. The SMILES string of the molecule is COCCNc1cc(C(=O)Nc2cc(C)c(Cl)cc2OC)ccn1. The molecule has 2 aromatic rings. The number of pyridine rings is 1. The number of benzene rings is 1. The van der Waals surface area contributed by atoms with Gasteiger partial charge in [0.1, 0.15) is 11.6 Å². The highest BCUT2D eigenvalue weighted by Gasteiger charge is 2.12. The molecule has 2 rings (SSSR count). The van der Waals surface area contributed by atoms with Crippen LogP contribution in [-0.2, 0) is 4.74 Å². The normalized spacial score (nSPS) is 10.3. The lowest BCUT2D eigenvalue weighted by molar-refractivity contribution is 0.102. The summed E-state index contributed by atoms with van der Waals surface area (Å²) in [5.41, 5.74) is 1.90. The van der Waals surface area contributed by atoms with Crippen LogP contribution < -0.4 is 15.4 Å². The molecule has 1 amide bonds. The summed E-state index contributed by atoms with van der Waals surface area (Å²) in [7, 11) is 3.15. The molecule has 2 N–H and O–H groups in total. The average Bonchev–Trinajstić information content (AvgIpc) is 2.58. The van der Waals surface area contributed by atoms with Crippen molar-refractivity contribution in [2.24, 2.45) is 0 Å². The maximum Gasteiger partial charge on any atom is 0.255 e. The van der Waals surface area contributed by atoms with E-state index in [9.17, 15) is 4.79 Å². The molecule has 1 heterocycles. The van der Waals surface area contributed by atoms with Crippen molar-refractivity contribution in [2.45, 2.75) is 6.92 Å².